The summed E-state index contributed by atoms with van der Waals surface area (Å²) < 4.78 is 0. The number of carbonyl (C=O) groups is 1. The number of benzene rings is 2. The molecule has 5 rings (SSSR count). The van der Waals surface area contributed by atoms with Crippen LogP contribution in [-0.4, -0.2) is 16.7 Å². The number of ketones is 1. The van der Waals surface area contributed by atoms with Crippen LogP contribution in [-0.2, 0) is 11.3 Å². The second-order valence-electron chi connectivity index (χ2n) is 7.22. The number of nitrogen functional groups attached to an aromatic ring is 1. The Morgan fingerprint density at radius 1 is 1.08 bits per heavy atom. The van der Waals surface area contributed by atoms with Crippen LogP contribution in [0.5, 0.6) is 0 Å². The highest BCUT2D eigenvalue weighted by Crippen LogP contribution is 2.46. The molecular weight excluding hydrogens is 296 g/mol. The molecule has 0 amide bonds. The molecule has 2 saturated heterocycles. The van der Waals surface area contributed by atoms with Gasteiger partial charge in [0.1, 0.15) is 5.78 Å². The Balaban J connectivity index is 1.71. The van der Waals surface area contributed by atoms with Gasteiger partial charge in [0.2, 0.25) is 0 Å². The molecule has 3 heteroatoms. The molecule has 3 nitrogen and oxygen atoms in total. The van der Waals surface area contributed by atoms with Gasteiger partial charge in [-0.25, -0.2) is 0 Å². The Bertz CT molecular complexity index is 753. The summed E-state index contributed by atoms with van der Waals surface area (Å²) in [5.41, 5.74) is 10.5. The molecule has 3 fully saturated rings. The maximum absolute atomic E-state index is 12.5. The fourth-order valence-corrected chi connectivity index (χ4v) is 4.42. The number of piperidine rings is 2. The van der Waals surface area contributed by atoms with Crippen LogP contribution in [0.15, 0.2) is 48.5 Å². The zero-order valence-electron chi connectivity index (χ0n) is 14.1. The second kappa shape index (κ2) is 6.06. The molecule has 124 valence electrons. The average Bonchev–Trinajstić information content (AvgIpc) is 2.59. The van der Waals surface area contributed by atoms with Gasteiger partial charge in [0.15, 0.2) is 0 Å². The number of aryl methyl sites for hydroxylation is 1. The molecule has 3 unspecified atom stereocenters. The summed E-state index contributed by atoms with van der Waals surface area (Å²) in [6, 6.07) is 17.2. The van der Waals surface area contributed by atoms with Crippen molar-refractivity contribution in [3.8, 4) is 0 Å². The van der Waals surface area contributed by atoms with Crippen molar-refractivity contribution < 1.29 is 4.79 Å². The van der Waals surface area contributed by atoms with Gasteiger partial charge in [-0.1, -0.05) is 36.4 Å². The van der Waals surface area contributed by atoms with Crippen LogP contribution in [0.3, 0.4) is 0 Å². The smallest absolute Gasteiger partial charge is 0.139 e. The van der Waals surface area contributed by atoms with E-state index in [0.717, 1.165) is 25.1 Å². The molecule has 0 spiro atoms. The SMILES string of the molecule is Cc1ccccc1CN1C2CCC(C(=O)C2)C1c1ccc(N)cc1. The van der Waals surface area contributed by atoms with Crippen LogP contribution in [0.25, 0.3) is 0 Å². The lowest BCUT2D eigenvalue weighted by Crippen LogP contribution is -2.53. The van der Waals surface area contributed by atoms with Crippen molar-refractivity contribution in [3.05, 3.63) is 65.2 Å². The summed E-state index contributed by atoms with van der Waals surface area (Å²) >= 11 is 0. The highest BCUT2D eigenvalue weighted by atomic mass is 16.1. The van der Waals surface area contributed by atoms with Crippen molar-refractivity contribution >= 4 is 11.5 Å². The number of Topliss-reactive ketones (excluding diaryl/α,β-unsaturated/α-hetero) is 1. The third-order valence-corrected chi connectivity index (χ3v) is 5.76. The van der Waals surface area contributed by atoms with E-state index in [1.54, 1.807) is 0 Å². The van der Waals surface area contributed by atoms with E-state index < -0.39 is 0 Å². The zero-order chi connectivity index (χ0) is 16.7. The number of hydrogen-bond donors (Lipinski definition) is 1. The standard InChI is InChI=1S/C21H24N2O/c1-14-4-2-3-5-16(14)13-23-18-10-11-19(20(24)12-18)21(23)15-6-8-17(22)9-7-15/h2-9,18-19,21H,10-13,22H2,1H3. The van der Waals surface area contributed by atoms with E-state index in [2.05, 4.69) is 48.2 Å². The van der Waals surface area contributed by atoms with Crippen LogP contribution in [0.2, 0.25) is 0 Å². The van der Waals surface area contributed by atoms with Gasteiger partial charge in [0.05, 0.1) is 0 Å². The minimum Gasteiger partial charge on any atom is -0.399 e. The summed E-state index contributed by atoms with van der Waals surface area (Å²) in [5, 5.41) is 0. The summed E-state index contributed by atoms with van der Waals surface area (Å²) in [6.07, 6.45) is 2.86. The molecule has 1 aliphatic carbocycles. The lowest BCUT2D eigenvalue weighted by molar-refractivity contribution is -0.138. The fourth-order valence-electron chi connectivity index (χ4n) is 4.42. The van der Waals surface area contributed by atoms with Crippen LogP contribution >= 0.6 is 0 Å². The van der Waals surface area contributed by atoms with E-state index in [-0.39, 0.29) is 12.0 Å². The first-order chi connectivity index (χ1) is 11.6. The lowest BCUT2D eigenvalue weighted by atomic mass is 9.71. The first kappa shape index (κ1) is 15.4. The molecule has 2 aromatic rings. The third kappa shape index (κ3) is 2.63. The fraction of sp³-hybridized carbons (Fsp3) is 0.381. The van der Waals surface area contributed by atoms with E-state index >= 15 is 0 Å². The van der Waals surface area contributed by atoms with E-state index in [9.17, 15) is 4.79 Å². The van der Waals surface area contributed by atoms with E-state index in [1.165, 1.54) is 16.7 Å². The molecule has 0 radical (unpaired) electrons. The van der Waals surface area contributed by atoms with Gasteiger partial charge in [0, 0.05) is 36.7 Å². The van der Waals surface area contributed by atoms with Gasteiger partial charge in [0.25, 0.3) is 0 Å². The zero-order valence-corrected chi connectivity index (χ0v) is 14.1. The Kier molecular flexibility index (Phi) is 3.89. The van der Waals surface area contributed by atoms with Gasteiger partial charge >= 0.3 is 0 Å². The Morgan fingerprint density at radius 2 is 1.83 bits per heavy atom. The maximum atomic E-state index is 12.5. The topological polar surface area (TPSA) is 46.3 Å². The molecule has 2 bridgehead atoms. The molecule has 24 heavy (non-hydrogen) atoms. The van der Waals surface area contributed by atoms with E-state index in [1.807, 2.05) is 12.1 Å². The molecule has 2 N–H and O–H groups in total. The number of fused-ring (bicyclic) bond motifs is 3. The molecule has 2 heterocycles. The predicted molar refractivity (Wildman–Crippen MR) is 96.5 cm³/mol. The highest BCUT2D eigenvalue weighted by molar-refractivity contribution is 5.84. The molecular formula is C21H24N2O. The largest absolute Gasteiger partial charge is 0.399 e. The van der Waals surface area contributed by atoms with Gasteiger partial charge in [-0.15, -0.1) is 0 Å². The van der Waals surface area contributed by atoms with Crippen LogP contribution in [0.4, 0.5) is 5.69 Å². The molecule has 3 aliphatic rings. The molecule has 0 aromatic heterocycles. The second-order valence-corrected chi connectivity index (χ2v) is 7.22. The van der Waals surface area contributed by atoms with Crippen molar-refractivity contribution in [1.82, 2.24) is 4.90 Å². The Morgan fingerprint density at radius 3 is 2.54 bits per heavy atom. The lowest BCUT2D eigenvalue weighted by Gasteiger charge is -2.51. The molecule has 1 saturated carbocycles. The number of anilines is 1. The first-order valence-electron chi connectivity index (χ1n) is 8.82. The summed E-state index contributed by atoms with van der Waals surface area (Å²) in [4.78, 5) is 15.1. The Labute approximate surface area is 143 Å². The minimum absolute atomic E-state index is 0.127. The average molecular weight is 320 g/mol. The van der Waals surface area contributed by atoms with Crippen molar-refractivity contribution in [2.75, 3.05) is 5.73 Å². The van der Waals surface area contributed by atoms with E-state index in [4.69, 9.17) is 5.73 Å². The first-order valence-corrected chi connectivity index (χ1v) is 8.82. The van der Waals surface area contributed by atoms with Crippen LogP contribution in [0, 0.1) is 12.8 Å². The number of rotatable bonds is 3. The quantitative estimate of drug-likeness (QED) is 0.873. The van der Waals surface area contributed by atoms with Crippen molar-refractivity contribution in [2.45, 2.75) is 44.8 Å². The summed E-state index contributed by atoms with van der Waals surface area (Å²) in [5.74, 6) is 0.566. The normalized spacial score (nSPS) is 26.7. The number of hydrogen-bond acceptors (Lipinski definition) is 3. The number of nitrogens with zero attached hydrogens (tertiary/aromatic N) is 1. The number of nitrogens with two attached hydrogens (primary N) is 1. The molecule has 2 aliphatic heterocycles. The van der Waals surface area contributed by atoms with Gasteiger partial charge in [-0.2, -0.15) is 0 Å². The van der Waals surface area contributed by atoms with Gasteiger partial charge in [-0.3, -0.25) is 9.69 Å². The Hall–Kier alpha value is -2.13. The van der Waals surface area contributed by atoms with E-state index in [0.29, 0.717) is 18.2 Å². The molecule has 3 atom stereocenters. The summed E-state index contributed by atoms with van der Waals surface area (Å²) in [6.45, 7) is 3.08. The van der Waals surface area contributed by atoms with Crippen molar-refractivity contribution in [1.29, 1.82) is 0 Å². The maximum Gasteiger partial charge on any atom is 0.139 e. The minimum atomic E-state index is 0.127. The number of carbonyl (C=O) groups excluding carboxylic acids is 1. The predicted octanol–water partition coefficient (Wildman–Crippen LogP) is 3.87. The van der Waals surface area contributed by atoms with Crippen molar-refractivity contribution in [2.24, 2.45) is 5.92 Å². The van der Waals surface area contributed by atoms with Crippen LogP contribution < -0.4 is 5.73 Å². The monoisotopic (exact) mass is 320 g/mol. The molecule has 2 aromatic carbocycles. The van der Waals surface area contributed by atoms with Crippen LogP contribution in [0.1, 0.15) is 42.0 Å². The summed E-state index contributed by atoms with van der Waals surface area (Å²) in [7, 11) is 0. The van der Waals surface area contributed by atoms with Gasteiger partial charge < -0.3 is 5.73 Å². The third-order valence-electron chi connectivity index (χ3n) is 5.76. The highest BCUT2D eigenvalue weighted by Gasteiger charge is 2.46. The van der Waals surface area contributed by atoms with Crippen molar-refractivity contribution in [3.63, 3.8) is 0 Å². The van der Waals surface area contributed by atoms with Gasteiger partial charge in [-0.05, 0) is 48.6 Å².